The number of unbranched alkanes of at least 4 members (excludes halogenated alkanes) is 2. The monoisotopic (exact) mass is 400 g/mol. The van der Waals surface area contributed by atoms with Crippen LogP contribution in [0.2, 0.25) is 0 Å². The molecule has 148 valence electrons. The molecule has 0 spiro atoms. The number of amides is 3. The third-order valence-corrected chi connectivity index (χ3v) is 5.32. The van der Waals surface area contributed by atoms with Gasteiger partial charge in [0.05, 0.1) is 11.1 Å². The zero-order valence-electron chi connectivity index (χ0n) is 16.1. The molecule has 0 saturated heterocycles. The highest BCUT2D eigenvalue weighted by Crippen LogP contribution is 2.23. The summed E-state index contributed by atoms with van der Waals surface area (Å²) in [5.41, 5.74) is 0.946. The lowest BCUT2D eigenvalue weighted by Gasteiger charge is -2.13. The SMILES string of the molecule is CC(C)Cc1nnc(NC(=O)CCCCCN2C(=O)c3ccccc3C2=O)s1. The quantitative estimate of drug-likeness (QED) is 0.513. The Morgan fingerprint density at radius 2 is 1.75 bits per heavy atom. The van der Waals surface area contributed by atoms with Gasteiger partial charge in [-0.1, -0.05) is 43.7 Å². The van der Waals surface area contributed by atoms with Crippen LogP contribution < -0.4 is 5.32 Å². The van der Waals surface area contributed by atoms with Crippen LogP contribution in [0.15, 0.2) is 24.3 Å². The summed E-state index contributed by atoms with van der Waals surface area (Å²) in [5, 5.41) is 12.3. The maximum atomic E-state index is 12.3. The third kappa shape index (κ3) is 4.81. The number of rotatable bonds is 9. The van der Waals surface area contributed by atoms with E-state index in [1.165, 1.54) is 16.2 Å². The van der Waals surface area contributed by atoms with Crippen molar-refractivity contribution in [2.75, 3.05) is 11.9 Å². The first-order valence-electron chi connectivity index (χ1n) is 9.53. The van der Waals surface area contributed by atoms with Crippen LogP contribution in [0.5, 0.6) is 0 Å². The first-order chi connectivity index (χ1) is 13.5. The van der Waals surface area contributed by atoms with Gasteiger partial charge in [-0.15, -0.1) is 10.2 Å². The summed E-state index contributed by atoms with van der Waals surface area (Å²) in [4.78, 5) is 37.9. The van der Waals surface area contributed by atoms with Crippen LogP contribution in [-0.2, 0) is 11.2 Å². The number of nitrogens with one attached hydrogen (secondary N) is 1. The zero-order chi connectivity index (χ0) is 20.1. The molecule has 0 radical (unpaired) electrons. The average Bonchev–Trinajstić information content (AvgIpc) is 3.18. The van der Waals surface area contributed by atoms with E-state index in [0.717, 1.165) is 17.8 Å². The molecule has 28 heavy (non-hydrogen) atoms. The minimum Gasteiger partial charge on any atom is -0.301 e. The molecule has 8 heteroatoms. The minimum atomic E-state index is -0.230. The van der Waals surface area contributed by atoms with Gasteiger partial charge in [-0.2, -0.15) is 0 Å². The Hall–Kier alpha value is -2.61. The van der Waals surface area contributed by atoms with Crippen LogP contribution >= 0.6 is 11.3 Å². The van der Waals surface area contributed by atoms with Crippen molar-refractivity contribution in [1.82, 2.24) is 15.1 Å². The fourth-order valence-electron chi connectivity index (χ4n) is 3.09. The van der Waals surface area contributed by atoms with Gasteiger partial charge < -0.3 is 5.32 Å². The fourth-order valence-corrected chi connectivity index (χ4v) is 4.06. The number of benzene rings is 1. The molecule has 2 heterocycles. The molecule has 0 bridgehead atoms. The van der Waals surface area contributed by atoms with Crippen molar-refractivity contribution in [3.8, 4) is 0 Å². The van der Waals surface area contributed by atoms with E-state index in [4.69, 9.17) is 0 Å². The molecule has 3 amide bonds. The molecule has 2 aromatic rings. The summed E-state index contributed by atoms with van der Waals surface area (Å²) in [6, 6.07) is 6.88. The van der Waals surface area contributed by atoms with Gasteiger partial charge in [-0.3, -0.25) is 19.3 Å². The number of imide groups is 1. The molecular formula is C20H24N4O3S. The van der Waals surface area contributed by atoms with Crippen molar-refractivity contribution in [1.29, 1.82) is 0 Å². The standard InChI is InChI=1S/C20H24N4O3S/c1-13(2)12-17-22-23-20(28-17)21-16(25)10-4-3-7-11-24-18(26)14-8-5-6-9-15(14)19(24)27/h5-6,8-9,13H,3-4,7,10-12H2,1-2H3,(H,21,23,25). The number of aromatic nitrogens is 2. The normalized spacial score (nSPS) is 13.3. The van der Waals surface area contributed by atoms with E-state index in [-0.39, 0.29) is 17.7 Å². The van der Waals surface area contributed by atoms with Gasteiger partial charge in [-0.05, 0) is 30.9 Å². The largest absolute Gasteiger partial charge is 0.301 e. The van der Waals surface area contributed by atoms with E-state index in [0.29, 0.717) is 48.0 Å². The molecule has 1 aromatic heterocycles. The smallest absolute Gasteiger partial charge is 0.261 e. The maximum absolute atomic E-state index is 12.3. The van der Waals surface area contributed by atoms with E-state index >= 15 is 0 Å². The second kappa shape index (κ2) is 9.05. The van der Waals surface area contributed by atoms with Crippen molar-refractivity contribution in [3.63, 3.8) is 0 Å². The third-order valence-electron chi connectivity index (χ3n) is 4.46. The molecule has 1 aliphatic rings. The Kier molecular flexibility index (Phi) is 6.51. The van der Waals surface area contributed by atoms with Gasteiger partial charge in [0.2, 0.25) is 11.0 Å². The second-order valence-electron chi connectivity index (χ2n) is 7.27. The lowest BCUT2D eigenvalue weighted by Crippen LogP contribution is -2.30. The minimum absolute atomic E-state index is 0.0898. The van der Waals surface area contributed by atoms with E-state index < -0.39 is 0 Å². The Balaban J connectivity index is 1.36. The van der Waals surface area contributed by atoms with Crippen LogP contribution in [0.1, 0.15) is 65.3 Å². The molecule has 1 aromatic carbocycles. The number of carbonyl (C=O) groups excluding carboxylic acids is 3. The Morgan fingerprint density at radius 1 is 1.07 bits per heavy atom. The van der Waals surface area contributed by atoms with Crippen LogP contribution in [0.3, 0.4) is 0 Å². The number of carbonyl (C=O) groups is 3. The number of nitrogens with zero attached hydrogens (tertiary/aromatic N) is 3. The van der Waals surface area contributed by atoms with Crippen molar-refractivity contribution >= 4 is 34.2 Å². The average molecular weight is 401 g/mol. The molecule has 0 aliphatic carbocycles. The molecule has 1 aliphatic heterocycles. The number of hydrogen-bond acceptors (Lipinski definition) is 6. The number of anilines is 1. The zero-order valence-corrected chi connectivity index (χ0v) is 16.9. The van der Waals surface area contributed by atoms with Crippen molar-refractivity contribution in [3.05, 3.63) is 40.4 Å². The van der Waals surface area contributed by atoms with Gasteiger partial charge >= 0.3 is 0 Å². The fraction of sp³-hybridized carbons (Fsp3) is 0.450. The molecule has 0 atom stereocenters. The first kappa shape index (κ1) is 20.1. The highest BCUT2D eigenvalue weighted by Gasteiger charge is 2.34. The molecule has 0 fully saturated rings. The van der Waals surface area contributed by atoms with Crippen molar-refractivity contribution < 1.29 is 14.4 Å². The van der Waals surface area contributed by atoms with Crippen LogP contribution in [0, 0.1) is 5.92 Å². The lowest BCUT2D eigenvalue weighted by molar-refractivity contribution is -0.116. The Morgan fingerprint density at radius 3 is 2.39 bits per heavy atom. The van der Waals surface area contributed by atoms with Gasteiger partial charge in [0, 0.05) is 19.4 Å². The summed E-state index contributed by atoms with van der Waals surface area (Å²) in [7, 11) is 0. The topological polar surface area (TPSA) is 92.3 Å². The van der Waals surface area contributed by atoms with Gasteiger partial charge in [0.1, 0.15) is 5.01 Å². The second-order valence-corrected chi connectivity index (χ2v) is 8.33. The van der Waals surface area contributed by atoms with Gasteiger partial charge in [0.15, 0.2) is 0 Å². The predicted octanol–water partition coefficient (Wildman–Crippen LogP) is 3.53. The van der Waals surface area contributed by atoms with E-state index in [1.54, 1.807) is 24.3 Å². The number of hydrogen-bond donors (Lipinski definition) is 1. The molecule has 0 unspecified atom stereocenters. The first-order valence-corrected chi connectivity index (χ1v) is 10.3. The Labute approximate surface area is 168 Å². The van der Waals surface area contributed by atoms with Crippen LogP contribution in [0.25, 0.3) is 0 Å². The summed E-state index contributed by atoms with van der Waals surface area (Å²) in [5.74, 6) is -0.0507. The highest BCUT2D eigenvalue weighted by molar-refractivity contribution is 7.15. The maximum Gasteiger partial charge on any atom is 0.261 e. The lowest BCUT2D eigenvalue weighted by atomic mass is 10.1. The molecule has 1 N–H and O–H groups in total. The molecular weight excluding hydrogens is 376 g/mol. The van der Waals surface area contributed by atoms with Gasteiger partial charge in [0.25, 0.3) is 11.8 Å². The number of fused-ring (bicyclic) bond motifs is 1. The summed E-state index contributed by atoms with van der Waals surface area (Å²) in [6.45, 7) is 4.60. The molecule has 7 nitrogen and oxygen atoms in total. The summed E-state index contributed by atoms with van der Waals surface area (Å²) in [6.07, 6.45) is 3.35. The van der Waals surface area contributed by atoms with Crippen LogP contribution in [0.4, 0.5) is 5.13 Å². The molecule has 3 rings (SSSR count). The van der Waals surface area contributed by atoms with Crippen LogP contribution in [-0.4, -0.2) is 39.4 Å². The summed E-state index contributed by atoms with van der Waals surface area (Å²) >= 11 is 1.41. The van der Waals surface area contributed by atoms with Crippen molar-refractivity contribution in [2.45, 2.75) is 46.0 Å². The summed E-state index contributed by atoms with van der Waals surface area (Å²) < 4.78 is 0. The highest BCUT2D eigenvalue weighted by atomic mass is 32.1. The predicted molar refractivity (Wildman–Crippen MR) is 107 cm³/mol. The van der Waals surface area contributed by atoms with E-state index in [9.17, 15) is 14.4 Å². The van der Waals surface area contributed by atoms with E-state index in [2.05, 4.69) is 29.4 Å². The molecule has 0 saturated carbocycles. The van der Waals surface area contributed by atoms with Gasteiger partial charge in [-0.25, -0.2) is 0 Å². The van der Waals surface area contributed by atoms with Crippen molar-refractivity contribution in [2.24, 2.45) is 5.92 Å². The van der Waals surface area contributed by atoms with E-state index in [1.807, 2.05) is 0 Å². The Bertz CT molecular complexity index is 843.